The van der Waals surface area contributed by atoms with Crippen LogP contribution in [-0.2, 0) is 6.54 Å². The van der Waals surface area contributed by atoms with E-state index in [1.807, 2.05) is 0 Å². The van der Waals surface area contributed by atoms with Crippen LogP contribution in [0.5, 0.6) is 0 Å². The van der Waals surface area contributed by atoms with Gasteiger partial charge >= 0.3 is 0 Å². The number of aromatic nitrogens is 1. The minimum absolute atomic E-state index is 0.142. The van der Waals surface area contributed by atoms with Crippen LogP contribution >= 0.6 is 22.7 Å². The number of hydrogen-bond acceptors (Lipinski definition) is 4. The van der Waals surface area contributed by atoms with Crippen LogP contribution in [0.15, 0.2) is 17.5 Å². The Bertz CT molecular complexity index is 491. The van der Waals surface area contributed by atoms with E-state index in [-0.39, 0.29) is 5.54 Å². The molecule has 2 aromatic rings. The molecule has 4 heteroatoms. The fourth-order valence-electron chi connectivity index (χ4n) is 1.41. The van der Waals surface area contributed by atoms with Gasteiger partial charge in [0.1, 0.15) is 5.01 Å². The van der Waals surface area contributed by atoms with Crippen LogP contribution in [0.3, 0.4) is 0 Å². The lowest BCUT2D eigenvalue weighted by molar-refractivity contribution is 0.422. The van der Waals surface area contributed by atoms with Gasteiger partial charge in [0, 0.05) is 22.3 Å². The van der Waals surface area contributed by atoms with E-state index in [1.165, 1.54) is 9.75 Å². The molecule has 0 amide bonds. The third kappa shape index (κ3) is 3.63. The predicted molar refractivity (Wildman–Crippen MR) is 76.8 cm³/mol. The topological polar surface area (TPSA) is 24.9 Å². The maximum absolute atomic E-state index is 4.66. The lowest BCUT2D eigenvalue weighted by Gasteiger charge is -2.19. The van der Waals surface area contributed by atoms with Crippen molar-refractivity contribution < 1.29 is 0 Å². The largest absolute Gasteiger partial charge is 0.306 e. The second-order valence-electron chi connectivity index (χ2n) is 5.16. The van der Waals surface area contributed by atoms with E-state index in [9.17, 15) is 0 Å². The Kier molecular flexibility index (Phi) is 3.66. The minimum atomic E-state index is 0.142. The van der Waals surface area contributed by atoms with Crippen molar-refractivity contribution in [1.29, 1.82) is 0 Å². The summed E-state index contributed by atoms with van der Waals surface area (Å²) in [6.07, 6.45) is 0. The Morgan fingerprint density at radius 2 is 2.06 bits per heavy atom. The number of aryl methyl sites for hydroxylation is 1. The van der Waals surface area contributed by atoms with Crippen molar-refractivity contribution in [3.8, 4) is 9.88 Å². The van der Waals surface area contributed by atoms with E-state index in [4.69, 9.17) is 0 Å². The average molecular weight is 266 g/mol. The first-order valence-electron chi connectivity index (χ1n) is 5.70. The van der Waals surface area contributed by atoms with Gasteiger partial charge in [-0.05, 0) is 39.8 Å². The summed E-state index contributed by atoms with van der Waals surface area (Å²) < 4.78 is 0. The summed E-state index contributed by atoms with van der Waals surface area (Å²) in [6, 6.07) is 4.30. The molecule has 0 aliphatic heterocycles. The van der Waals surface area contributed by atoms with Gasteiger partial charge in [-0.3, -0.25) is 0 Å². The first kappa shape index (κ1) is 12.7. The molecule has 2 aromatic heterocycles. The van der Waals surface area contributed by atoms with E-state index < -0.39 is 0 Å². The molecule has 0 atom stereocenters. The van der Waals surface area contributed by atoms with Gasteiger partial charge in [-0.25, -0.2) is 4.98 Å². The minimum Gasteiger partial charge on any atom is -0.306 e. The fourth-order valence-corrected chi connectivity index (χ4v) is 3.17. The fraction of sp³-hybridized carbons (Fsp3) is 0.462. The smallest absolute Gasteiger partial charge is 0.133 e. The quantitative estimate of drug-likeness (QED) is 0.906. The second kappa shape index (κ2) is 4.88. The van der Waals surface area contributed by atoms with Crippen LogP contribution in [0.25, 0.3) is 9.88 Å². The molecule has 0 spiro atoms. The summed E-state index contributed by atoms with van der Waals surface area (Å²) in [5.74, 6) is 0. The van der Waals surface area contributed by atoms with E-state index in [1.54, 1.807) is 22.7 Å². The lowest BCUT2D eigenvalue weighted by Crippen LogP contribution is -2.35. The van der Waals surface area contributed by atoms with Crippen molar-refractivity contribution in [3.05, 3.63) is 28.1 Å². The first-order valence-corrected chi connectivity index (χ1v) is 7.40. The monoisotopic (exact) mass is 266 g/mol. The van der Waals surface area contributed by atoms with Crippen LogP contribution in [0.2, 0.25) is 0 Å². The summed E-state index contributed by atoms with van der Waals surface area (Å²) in [6.45, 7) is 9.48. The van der Waals surface area contributed by atoms with Crippen molar-refractivity contribution in [2.45, 2.75) is 39.8 Å². The number of thiazole rings is 1. The van der Waals surface area contributed by atoms with Crippen LogP contribution < -0.4 is 5.32 Å². The lowest BCUT2D eigenvalue weighted by atomic mass is 10.1. The SMILES string of the molecule is Cc1ccc(-c2nc(CNC(C)(C)C)cs2)s1. The molecule has 2 rings (SSSR count). The standard InChI is InChI=1S/C13H18N2S2/c1-9-5-6-11(17-9)12-15-10(8-16-12)7-14-13(2,3)4/h5-6,8,14H,7H2,1-4H3. The van der Waals surface area contributed by atoms with Crippen molar-refractivity contribution in [1.82, 2.24) is 10.3 Å². The van der Waals surface area contributed by atoms with Gasteiger partial charge in [-0.2, -0.15) is 0 Å². The number of rotatable bonds is 3. The maximum atomic E-state index is 4.66. The van der Waals surface area contributed by atoms with Gasteiger partial charge in [-0.1, -0.05) is 0 Å². The Balaban J connectivity index is 2.06. The zero-order valence-electron chi connectivity index (χ0n) is 10.7. The molecular weight excluding hydrogens is 248 g/mol. The molecule has 0 unspecified atom stereocenters. The summed E-state index contributed by atoms with van der Waals surface area (Å²) >= 11 is 3.53. The van der Waals surface area contributed by atoms with E-state index in [0.717, 1.165) is 17.2 Å². The van der Waals surface area contributed by atoms with Gasteiger partial charge in [0.2, 0.25) is 0 Å². The summed E-state index contributed by atoms with van der Waals surface area (Å²) in [4.78, 5) is 7.27. The molecule has 0 saturated heterocycles. The van der Waals surface area contributed by atoms with Crippen LogP contribution in [0.1, 0.15) is 31.3 Å². The highest BCUT2D eigenvalue weighted by Gasteiger charge is 2.11. The highest BCUT2D eigenvalue weighted by molar-refractivity contribution is 7.21. The molecule has 0 saturated carbocycles. The first-order chi connectivity index (χ1) is 7.94. The summed E-state index contributed by atoms with van der Waals surface area (Å²) in [5, 5.41) is 6.73. The summed E-state index contributed by atoms with van der Waals surface area (Å²) in [5.41, 5.74) is 1.27. The molecule has 0 aliphatic rings. The second-order valence-corrected chi connectivity index (χ2v) is 7.30. The Labute approximate surface area is 111 Å². The summed E-state index contributed by atoms with van der Waals surface area (Å²) in [7, 11) is 0. The highest BCUT2D eigenvalue weighted by Crippen LogP contribution is 2.30. The van der Waals surface area contributed by atoms with E-state index in [0.29, 0.717) is 0 Å². The van der Waals surface area contributed by atoms with Crippen molar-refractivity contribution in [2.75, 3.05) is 0 Å². The number of nitrogens with one attached hydrogen (secondary N) is 1. The van der Waals surface area contributed by atoms with Crippen molar-refractivity contribution >= 4 is 22.7 Å². The van der Waals surface area contributed by atoms with Crippen molar-refractivity contribution in [3.63, 3.8) is 0 Å². The molecule has 0 fully saturated rings. The van der Waals surface area contributed by atoms with Gasteiger partial charge in [0.25, 0.3) is 0 Å². The number of nitrogens with zero attached hydrogens (tertiary/aromatic N) is 1. The van der Waals surface area contributed by atoms with Crippen molar-refractivity contribution in [2.24, 2.45) is 0 Å². The molecule has 0 radical (unpaired) electrons. The van der Waals surface area contributed by atoms with Gasteiger partial charge in [0.15, 0.2) is 0 Å². The third-order valence-electron chi connectivity index (χ3n) is 2.30. The van der Waals surface area contributed by atoms with Crippen LogP contribution in [0.4, 0.5) is 0 Å². The number of thiophene rings is 1. The Hall–Kier alpha value is -0.710. The Morgan fingerprint density at radius 3 is 2.65 bits per heavy atom. The number of hydrogen-bond donors (Lipinski definition) is 1. The van der Waals surface area contributed by atoms with Crippen LogP contribution in [-0.4, -0.2) is 10.5 Å². The molecule has 17 heavy (non-hydrogen) atoms. The molecule has 0 aromatic carbocycles. The molecule has 0 aliphatic carbocycles. The van der Waals surface area contributed by atoms with Gasteiger partial charge in [-0.15, -0.1) is 22.7 Å². The molecule has 92 valence electrons. The molecule has 2 nitrogen and oxygen atoms in total. The highest BCUT2D eigenvalue weighted by atomic mass is 32.1. The van der Waals surface area contributed by atoms with Gasteiger partial charge < -0.3 is 5.32 Å². The van der Waals surface area contributed by atoms with Gasteiger partial charge in [0.05, 0.1) is 10.6 Å². The van der Waals surface area contributed by atoms with Crippen LogP contribution in [0, 0.1) is 6.92 Å². The normalized spacial score (nSPS) is 12.0. The zero-order chi connectivity index (χ0) is 12.5. The molecule has 0 bridgehead atoms. The zero-order valence-corrected chi connectivity index (χ0v) is 12.3. The third-order valence-corrected chi connectivity index (χ3v) is 4.36. The predicted octanol–water partition coefficient (Wildman–Crippen LogP) is 4.07. The maximum Gasteiger partial charge on any atom is 0.133 e. The Morgan fingerprint density at radius 1 is 1.29 bits per heavy atom. The molecule has 2 heterocycles. The van der Waals surface area contributed by atoms with E-state index >= 15 is 0 Å². The molecule has 1 N–H and O–H groups in total. The van der Waals surface area contributed by atoms with E-state index in [2.05, 4.69) is 55.5 Å². The molecular formula is C13H18N2S2. The average Bonchev–Trinajstić information content (AvgIpc) is 2.81.